The van der Waals surface area contributed by atoms with Crippen molar-refractivity contribution in [2.75, 3.05) is 6.61 Å². The van der Waals surface area contributed by atoms with Crippen molar-refractivity contribution in [3.63, 3.8) is 0 Å². The van der Waals surface area contributed by atoms with Crippen molar-refractivity contribution in [2.24, 2.45) is 0 Å². The summed E-state index contributed by atoms with van der Waals surface area (Å²) in [6.07, 6.45) is 0. The van der Waals surface area contributed by atoms with Crippen LogP contribution in [-0.2, 0) is 0 Å². The van der Waals surface area contributed by atoms with Gasteiger partial charge in [0.2, 0.25) is 5.15 Å². The quantitative estimate of drug-likeness (QED) is 0.637. The summed E-state index contributed by atoms with van der Waals surface area (Å²) in [5.41, 5.74) is 0.754. The van der Waals surface area contributed by atoms with Crippen LogP contribution in [0.2, 0.25) is 5.15 Å². The number of hydrogen-bond donors (Lipinski definition) is 0. The lowest BCUT2D eigenvalue weighted by Crippen LogP contribution is -1.97. The molecule has 0 aliphatic rings. The molecule has 1 heterocycles. The Morgan fingerprint density at radius 1 is 1.42 bits per heavy atom. The molecule has 6 nitrogen and oxygen atoms in total. The molecule has 1 aromatic heterocycles. The first-order valence-electron chi connectivity index (χ1n) is 5.67. The molecule has 0 saturated heterocycles. The fourth-order valence-corrected chi connectivity index (χ4v) is 2.06. The van der Waals surface area contributed by atoms with Gasteiger partial charge < -0.3 is 4.74 Å². The minimum Gasteiger partial charge on any atom is -0.494 e. The molecule has 0 unspecified atom stereocenters. The predicted molar refractivity (Wildman–Crippen MR) is 71.1 cm³/mol. The van der Waals surface area contributed by atoms with E-state index in [1.54, 1.807) is 31.2 Å². The third-order valence-corrected chi connectivity index (χ3v) is 2.89. The van der Waals surface area contributed by atoms with E-state index >= 15 is 0 Å². The number of aryl methyl sites for hydroxylation is 1. The lowest BCUT2D eigenvalue weighted by molar-refractivity contribution is -0.385. The highest BCUT2D eigenvalue weighted by molar-refractivity contribution is 6.32. The molecule has 0 N–H and O–H groups in total. The van der Waals surface area contributed by atoms with Gasteiger partial charge in [-0.2, -0.15) is 5.10 Å². The summed E-state index contributed by atoms with van der Waals surface area (Å²) in [6, 6.07) is 7.01. The lowest BCUT2D eigenvalue weighted by Gasteiger charge is -2.05. The number of nitrogens with zero attached hydrogens (tertiary/aromatic N) is 3. The number of aromatic nitrogens is 2. The van der Waals surface area contributed by atoms with E-state index in [4.69, 9.17) is 16.3 Å². The first-order chi connectivity index (χ1) is 9.04. The van der Waals surface area contributed by atoms with Gasteiger partial charge in [-0.05, 0) is 38.1 Å². The van der Waals surface area contributed by atoms with Crippen molar-refractivity contribution in [2.45, 2.75) is 13.8 Å². The monoisotopic (exact) mass is 281 g/mol. The minimum atomic E-state index is -0.532. The predicted octanol–water partition coefficient (Wildman–Crippen LogP) is 3.14. The highest BCUT2D eigenvalue weighted by atomic mass is 35.5. The second kappa shape index (κ2) is 5.27. The van der Waals surface area contributed by atoms with Crippen molar-refractivity contribution in [3.8, 4) is 11.4 Å². The Bertz CT molecular complexity index is 607. The molecule has 0 bridgehead atoms. The van der Waals surface area contributed by atoms with Crippen molar-refractivity contribution in [1.82, 2.24) is 9.78 Å². The van der Waals surface area contributed by atoms with Crippen LogP contribution in [0.15, 0.2) is 24.3 Å². The van der Waals surface area contributed by atoms with Crippen LogP contribution in [-0.4, -0.2) is 21.3 Å². The maximum absolute atomic E-state index is 10.9. The maximum Gasteiger partial charge on any atom is 0.329 e. The number of hydrogen-bond acceptors (Lipinski definition) is 4. The highest BCUT2D eigenvalue weighted by Gasteiger charge is 2.24. The summed E-state index contributed by atoms with van der Waals surface area (Å²) < 4.78 is 6.66. The SMILES string of the molecule is CCOc1ccc(-n2nc(C)c([N+](=O)[O-])c2Cl)cc1. The molecule has 0 aliphatic heterocycles. The van der Waals surface area contributed by atoms with Gasteiger partial charge in [-0.25, -0.2) is 4.68 Å². The van der Waals surface area contributed by atoms with Crippen LogP contribution >= 0.6 is 11.6 Å². The number of nitro groups is 1. The molecule has 2 aromatic rings. The summed E-state index contributed by atoms with van der Waals surface area (Å²) in [5, 5.41) is 14.9. The molecule has 7 heteroatoms. The van der Waals surface area contributed by atoms with Gasteiger partial charge in [-0.3, -0.25) is 10.1 Å². The Labute approximate surface area is 114 Å². The number of rotatable bonds is 4. The van der Waals surface area contributed by atoms with Crippen LogP contribution in [0, 0.1) is 17.0 Å². The molecular formula is C12H12ClN3O3. The first-order valence-corrected chi connectivity index (χ1v) is 6.05. The van der Waals surface area contributed by atoms with Crippen molar-refractivity contribution in [1.29, 1.82) is 0 Å². The zero-order valence-electron chi connectivity index (χ0n) is 10.5. The van der Waals surface area contributed by atoms with E-state index in [1.165, 1.54) is 4.68 Å². The Balaban J connectivity index is 2.42. The van der Waals surface area contributed by atoms with E-state index in [2.05, 4.69) is 5.10 Å². The Hall–Kier alpha value is -2.08. The third kappa shape index (κ3) is 2.53. The van der Waals surface area contributed by atoms with Crippen LogP contribution < -0.4 is 4.74 Å². The molecule has 0 fully saturated rings. The van der Waals surface area contributed by atoms with Crippen molar-refractivity contribution >= 4 is 17.3 Å². The average molecular weight is 282 g/mol. The van der Waals surface area contributed by atoms with E-state index in [0.717, 1.165) is 5.75 Å². The van der Waals surface area contributed by atoms with Gasteiger partial charge >= 0.3 is 5.69 Å². The molecule has 0 atom stereocenters. The molecule has 0 spiro atoms. The summed E-state index contributed by atoms with van der Waals surface area (Å²) in [4.78, 5) is 10.3. The molecule has 19 heavy (non-hydrogen) atoms. The van der Waals surface area contributed by atoms with E-state index in [-0.39, 0.29) is 16.5 Å². The summed E-state index contributed by atoms with van der Waals surface area (Å²) in [6.45, 7) is 4.02. The zero-order valence-corrected chi connectivity index (χ0v) is 11.2. The van der Waals surface area contributed by atoms with E-state index in [9.17, 15) is 10.1 Å². The molecular weight excluding hydrogens is 270 g/mol. The Kier molecular flexibility index (Phi) is 3.71. The van der Waals surface area contributed by atoms with Gasteiger partial charge in [0.1, 0.15) is 11.4 Å². The number of benzene rings is 1. The van der Waals surface area contributed by atoms with Crippen LogP contribution in [0.25, 0.3) is 5.69 Å². The molecule has 0 aliphatic carbocycles. The molecule has 0 saturated carbocycles. The second-order valence-corrected chi connectivity index (χ2v) is 4.18. The van der Waals surface area contributed by atoms with Crippen LogP contribution in [0.3, 0.4) is 0 Å². The fourth-order valence-electron chi connectivity index (χ4n) is 1.72. The van der Waals surface area contributed by atoms with Gasteiger partial charge in [-0.1, -0.05) is 11.6 Å². The van der Waals surface area contributed by atoms with E-state index in [0.29, 0.717) is 12.3 Å². The zero-order chi connectivity index (χ0) is 14.0. The third-order valence-electron chi connectivity index (χ3n) is 2.55. The molecule has 1 aromatic carbocycles. The minimum absolute atomic E-state index is 0.00772. The average Bonchev–Trinajstić information content (AvgIpc) is 2.66. The summed E-state index contributed by atoms with van der Waals surface area (Å²) in [5.74, 6) is 0.723. The van der Waals surface area contributed by atoms with Gasteiger partial charge in [0.25, 0.3) is 0 Å². The van der Waals surface area contributed by atoms with Crippen LogP contribution in [0.4, 0.5) is 5.69 Å². The van der Waals surface area contributed by atoms with Crippen molar-refractivity contribution < 1.29 is 9.66 Å². The molecule has 0 amide bonds. The second-order valence-electron chi connectivity index (χ2n) is 3.82. The molecule has 2 rings (SSSR count). The maximum atomic E-state index is 10.9. The van der Waals surface area contributed by atoms with Gasteiger partial charge in [0.15, 0.2) is 0 Å². The Morgan fingerprint density at radius 3 is 2.53 bits per heavy atom. The number of ether oxygens (including phenoxy) is 1. The van der Waals surface area contributed by atoms with Crippen LogP contribution in [0.1, 0.15) is 12.6 Å². The topological polar surface area (TPSA) is 70.2 Å². The summed E-state index contributed by atoms with van der Waals surface area (Å²) in [7, 11) is 0. The Morgan fingerprint density at radius 2 is 2.05 bits per heavy atom. The highest BCUT2D eigenvalue weighted by Crippen LogP contribution is 2.30. The lowest BCUT2D eigenvalue weighted by atomic mass is 10.3. The summed E-state index contributed by atoms with van der Waals surface area (Å²) >= 11 is 5.99. The standard InChI is InChI=1S/C12H12ClN3O3/c1-3-19-10-6-4-9(5-7-10)15-12(13)11(16(17)18)8(2)14-15/h4-7H,3H2,1-2H3. The van der Waals surface area contributed by atoms with Crippen molar-refractivity contribution in [3.05, 3.63) is 45.2 Å². The molecule has 100 valence electrons. The number of halogens is 1. The van der Waals surface area contributed by atoms with E-state index in [1.807, 2.05) is 6.92 Å². The largest absolute Gasteiger partial charge is 0.494 e. The smallest absolute Gasteiger partial charge is 0.329 e. The van der Waals surface area contributed by atoms with E-state index < -0.39 is 4.92 Å². The van der Waals surface area contributed by atoms with Crippen LogP contribution in [0.5, 0.6) is 5.75 Å². The first kappa shape index (κ1) is 13.4. The molecule has 0 radical (unpaired) electrons. The van der Waals surface area contributed by atoms with Gasteiger partial charge in [0, 0.05) is 0 Å². The normalized spacial score (nSPS) is 10.5. The van der Waals surface area contributed by atoms with Gasteiger partial charge in [0.05, 0.1) is 17.2 Å². The fraction of sp³-hybridized carbons (Fsp3) is 0.250. The van der Waals surface area contributed by atoms with Gasteiger partial charge in [-0.15, -0.1) is 0 Å².